The Morgan fingerprint density at radius 2 is 1.84 bits per heavy atom. The van der Waals surface area contributed by atoms with Crippen LogP contribution in [0.1, 0.15) is 30.2 Å². The maximum Gasteiger partial charge on any atom is 0.255 e. The van der Waals surface area contributed by atoms with Gasteiger partial charge in [-0.1, -0.05) is 61.5 Å². The van der Waals surface area contributed by atoms with E-state index in [4.69, 9.17) is 0 Å². The Kier molecular flexibility index (Phi) is 4.14. The molecule has 0 spiro atoms. The van der Waals surface area contributed by atoms with Gasteiger partial charge in [-0.2, -0.15) is 0 Å². The molecule has 3 aromatic rings. The summed E-state index contributed by atoms with van der Waals surface area (Å²) in [4.78, 5) is 18.7. The lowest BCUT2D eigenvalue weighted by atomic mass is 10.0. The number of H-pyrrole nitrogens is 1. The maximum absolute atomic E-state index is 13.2. The molecule has 2 heterocycles. The Bertz CT molecular complexity index is 937. The molecule has 0 bridgehead atoms. The summed E-state index contributed by atoms with van der Waals surface area (Å²) >= 11 is 0. The largest absolute Gasteiger partial charge is 0.354 e. The van der Waals surface area contributed by atoms with Crippen molar-refractivity contribution < 1.29 is 4.79 Å². The smallest absolute Gasteiger partial charge is 0.255 e. The number of aromatic amines is 1. The molecule has 0 fully saturated rings. The number of fused-ring (bicyclic) bond motifs is 3. The first-order valence-corrected chi connectivity index (χ1v) is 8.91. The molecule has 1 amide bonds. The van der Waals surface area contributed by atoms with E-state index in [9.17, 15) is 4.79 Å². The van der Waals surface area contributed by atoms with Crippen LogP contribution in [0, 0.1) is 0 Å². The van der Waals surface area contributed by atoms with Crippen LogP contribution in [-0.2, 0) is 17.8 Å². The van der Waals surface area contributed by atoms with E-state index in [2.05, 4.69) is 48.3 Å². The van der Waals surface area contributed by atoms with E-state index in [0.29, 0.717) is 6.54 Å². The van der Waals surface area contributed by atoms with Crippen molar-refractivity contribution in [1.29, 1.82) is 0 Å². The number of allylic oxidation sites excluding steroid dienone is 1. The van der Waals surface area contributed by atoms with E-state index in [1.807, 2.05) is 29.2 Å². The van der Waals surface area contributed by atoms with Crippen molar-refractivity contribution in [1.82, 2.24) is 9.88 Å². The van der Waals surface area contributed by atoms with Gasteiger partial charge >= 0.3 is 0 Å². The van der Waals surface area contributed by atoms with Crippen molar-refractivity contribution in [3.63, 3.8) is 0 Å². The number of nitrogens with zero attached hydrogens (tertiary/aromatic N) is 1. The molecule has 0 saturated heterocycles. The van der Waals surface area contributed by atoms with Gasteiger partial charge in [-0.15, -0.1) is 0 Å². The number of aromatic nitrogens is 1. The van der Waals surface area contributed by atoms with Gasteiger partial charge < -0.3 is 9.88 Å². The molecule has 1 N–H and O–H groups in total. The predicted molar refractivity (Wildman–Crippen MR) is 102 cm³/mol. The van der Waals surface area contributed by atoms with Crippen LogP contribution in [0.15, 0.2) is 60.7 Å². The molecule has 25 heavy (non-hydrogen) atoms. The first-order valence-electron chi connectivity index (χ1n) is 8.91. The van der Waals surface area contributed by atoms with Crippen LogP contribution in [-0.4, -0.2) is 22.3 Å². The molecule has 0 radical (unpaired) electrons. The second-order valence-electron chi connectivity index (χ2n) is 6.51. The Morgan fingerprint density at radius 3 is 2.64 bits per heavy atom. The SMILES string of the molecule is CCC=C1C(=O)N(Cc2ccccc2)CCc2c1[nH]c1ccccc21. The van der Waals surface area contributed by atoms with Gasteiger partial charge in [0, 0.05) is 24.0 Å². The summed E-state index contributed by atoms with van der Waals surface area (Å²) < 4.78 is 0. The van der Waals surface area contributed by atoms with Crippen LogP contribution in [0.3, 0.4) is 0 Å². The highest BCUT2D eigenvalue weighted by Crippen LogP contribution is 2.32. The third-order valence-electron chi connectivity index (χ3n) is 4.86. The number of hydrogen-bond donors (Lipinski definition) is 1. The van der Waals surface area contributed by atoms with Crippen LogP contribution < -0.4 is 0 Å². The Hall–Kier alpha value is -2.81. The number of amides is 1. The quantitative estimate of drug-likeness (QED) is 0.703. The second kappa shape index (κ2) is 6.60. The second-order valence-corrected chi connectivity index (χ2v) is 6.51. The minimum Gasteiger partial charge on any atom is -0.354 e. The van der Waals surface area contributed by atoms with Crippen LogP contribution in [0.25, 0.3) is 16.5 Å². The minimum atomic E-state index is 0.121. The fourth-order valence-corrected chi connectivity index (χ4v) is 3.66. The van der Waals surface area contributed by atoms with Crippen molar-refractivity contribution in [3.8, 4) is 0 Å². The lowest BCUT2D eigenvalue weighted by Crippen LogP contribution is -2.31. The van der Waals surface area contributed by atoms with Crippen molar-refractivity contribution in [2.24, 2.45) is 0 Å². The van der Waals surface area contributed by atoms with Gasteiger partial charge in [0.2, 0.25) is 0 Å². The average molecular weight is 330 g/mol. The molecular weight excluding hydrogens is 308 g/mol. The number of hydrogen-bond acceptors (Lipinski definition) is 1. The monoisotopic (exact) mass is 330 g/mol. The summed E-state index contributed by atoms with van der Waals surface area (Å²) in [6.07, 6.45) is 3.77. The minimum absolute atomic E-state index is 0.121. The summed E-state index contributed by atoms with van der Waals surface area (Å²) in [5.41, 5.74) is 5.35. The Morgan fingerprint density at radius 1 is 1.08 bits per heavy atom. The van der Waals surface area contributed by atoms with Gasteiger partial charge in [0.1, 0.15) is 0 Å². The molecule has 1 aromatic heterocycles. The van der Waals surface area contributed by atoms with Gasteiger partial charge in [0.25, 0.3) is 5.91 Å². The molecular formula is C22H22N2O. The van der Waals surface area contributed by atoms with Crippen LogP contribution in [0.4, 0.5) is 0 Å². The molecule has 0 saturated carbocycles. The Balaban J connectivity index is 1.75. The molecule has 0 atom stereocenters. The Labute approximate surface area is 148 Å². The van der Waals surface area contributed by atoms with E-state index < -0.39 is 0 Å². The zero-order valence-corrected chi connectivity index (χ0v) is 14.5. The van der Waals surface area contributed by atoms with E-state index >= 15 is 0 Å². The van der Waals surface area contributed by atoms with Gasteiger partial charge in [0.15, 0.2) is 0 Å². The highest BCUT2D eigenvalue weighted by Gasteiger charge is 2.28. The number of para-hydroxylation sites is 1. The first kappa shape index (κ1) is 15.7. The van der Waals surface area contributed by atoms with Crippen LogP contribution in [0.5, 0.6) is 0 Å². The van der Waals surface area contributed by atoms with Crippen molar-refractivity contribution >= 4 is 22.4 Å². The molecule has 1 aliphatic heterocycles. The summed E-state index contributed by atoms with van der Waals surface area (Å²) in [6, 6.07) is 18.5. The third kappa shape index (κ3) is 2.86. The molecule has 3 nitrogen and oxygen atoms in total. The van der Waals surface area contributed by atoms with Crippen molar-refractivity contribution in [2.75, 3.05) is 6.54 Å². The van der Waals surface area contributed by atoms with Crippen molar-refractivity contribution in [3.05, 3.63) is 77.5 Å². The molecule has 0 aliphatic carbocycles. The average Bonchev–Trinajstić information content (AvgIpc) is 2.96. The molecule has 3 heteroatoms. The summed E-state index contributed by atoms with van der Waals surface area (Å²) in [5.74, 6) is 0.121. The van der Waals surface area contributed by atoms with E-state index in [0.717, 1.165) is 36.2 Å². The summed E-state index contributed by atoms with van der Waals surface area (Å²) in [7, 11) is 0. The number of rotatable bonds is 3. The normalized spacial score (nSPS) is 16.3. The van der Waals surface area contributed by atoms with Crippen LogP contribution in [0.2, 0.25) is 0 Å². The van der Waals surface area contributed by atoms with E-state index in [1.54, 1.807) is 0 Å². The molecule has 126 valence electrons. The highest BCUT2D eigenvalue weighted by molar-refractivity contribution is 6.20. The van der Waals surface area contributed by atoms with E-state index in [1.165, 1.54) is 16.5 Å². The first-order chi connectivity index (χ1) is 12.3. The lowest BCUT2D eigenvalue weighted by molar-refractivity contribution is -0.125. The fourth-order valence-electron chi connectivity index (χ4n) is 3.66. The lowest BCUT2D eigenvalue weighted by Gasteiger charge is -2.21. The highest BCUT2D eigenvalue weighted by atomic mass is 16.2. The maximum atomic E-state index is 13.2. The van der Waals surface area contributed by atoms with E-state index in [-0.39, 0.29) is 5.91 Å². The fraction of sp³-hybridized carbons (Fsp3) is 0.227. The molecule has 0 unspecified atom stereocenters. The molecule has 2 aromatic carbocycles. The van der Waals surface area contributed by atoms with Gasteiger partial charge in [-0.05, 0) is 30.0 Å². The number of nitrogens with one attached hydrogen (secondary N) is 1. The van der Waals surface area contributed by atoms with Gasteiger partial charge in [-0.25, -0.2) is 0 Å². The number of benzene rings is 2. The summed E-state index contributed by atoms with van der Waals surface area (Å²) in [5, 5.41) is 1.23. The number of carbonyl (C=O) groups excluding carboxylic acids is 1. The zero-order valence-electron chi connectivity index (χ0n) is 14.5. The standard InChI is InChI=1S/C22H22N2O/c1-2-8-19-21-18(17-11-6-7-12-20(17)23-21)13-14-24(22(19)25)15-16-9-4-3-5-10-16/h3-12,23H,2,13-15H2,1H3. The molecule has 4 rings (SSSR count). The summed E-state index contributed by atoms with van der Waals surface area (Å²) in [6.45, 7) is 3.47. The third-order valence-corrected chi connectivity index (χ3v) is 4.86. The van der Waals surface area contributed by atoms with Crippen LogP contribution >= 0.6 is 0 Å². The van der Waals surface area contributed by atoms with Gasteiger partial charge in [0.05, 0.1) is 11.3 Å². The predicted octanol–water partition coefficient (Wildman–Crippen LogP) is 4.55. The zero-order chi connectivity index (χ0) is 17.2. The van der Waals surface area contributed by atoms with Gasteiger partial charge in [-0.3, -0.25) is 4.79 Å². The topological polar surface area (TPSA) is 36.1 Å². The molecule has 1 aliphatic rings. The van der Waals surface area contributed by atoms with Crippen molar-refractivity contribution in [2.45, 2.75) is 26.3 Å². The number of carbonyl (C=O) groups is 1.